The van der Waals surface area contributed by atoms with Crippen molar-refractivity contribution in [3.8, 4) is 0 Å². The number of rotatable bonds is 4. The second-order valence-electron chi connectivity index (χ2n) is 6.24. The molecule has 0 amide bonds. The van der Waals surface area contributed by atoms with Gasteiger partial charge in [0, 0.05) is 5.69 Å². The number of hydrogen-bond acceptors (Lipinski definition) is 5. The highest BCUT2D eigenvalue weighted by Crippen LogP contribution is 2.38. The lowest BCUT2D eigenvalue weighted by Gasteiger charge is -2.32. The van der Waals surface area contributed by atoms with Gasteiger partial charge in [-0.2, -0.15) is 0 Å². The van der Waals surface area contributed by atoms with Gasteiger partial charge in [0.25, 0.3) is 0 Å². The molecule has 0 aromatic heterocycles. The maximum atomic E-state index is 9.65. The van der Waals surface area contributed by atoms with Gasteiger partial charge in [0.1, 0.15) is 0 Å². The van der Waals surface area contributed by atoms with Crippen LogP contribution in [-0.4, -0.2) is 30.0 Å². The highest BCUT2D eigenvalue weighted by atomic mass is 16.7. The van der Waals surface area contributed by atoms with E-state index < -0.39 is 18.3 Å². The van der Waals surface area contributed by atoms with Crippen LogP contribution in [0.4, 0.5) is 5.69 Å². The Morgan fingerprint density at radius 3 is 2.43 bits per heavy atom. The van der Waals surface area contributed by atoms with Gasteiger partial charge in [0.15, 0.2) is 0 Å². The van der Waals surface area contributed by atoms with Gasteiger partial charge >= 0.3 is 7.12 Å². The van der Waals surface area contributed by atoms with E-state index in [4.69, 9.17) is 15.2 Å². The van der Waals surface area contributed by atoms with Crippen LogP contribution in [-0.2, 0) is 9.31 Å². The van der Waals surface area contributed by atoms with E-state index in [1.807, 2.05) is 58.0 Å². The highest BCUT2D eigenvalue weighted by molar-refractivity contribution is 6.55. The van der Waals surface area contributed by atoms with E-state index >= 15 is 0 Å². The van der Waals surface area contributed by atoms with Gasteiger partial charge in [-0.25, -0.2) is 0 Å². The van der Waals surface area contributed by atoms with Crippen LogP contribution in [0, 0.1) is 0 Å². The number of nitrogens with two attached hydrogens (primary N) is 1. The van der Waals surface area contributed by atoms with Crippen LogP contribution in [0.1, 0.15) is 33.3 Å². The second-order valence-corrected chi connectivity index (χ2v) is 6.24. The molecule has 5 nitrogen and oxygen atoms in total. The summed E-state index contributed by atoms with van der Waals surface area (Å²) in [5.41, 5.74) is 4.16. The van der Waals surface area contributed by atoms with Gasteiger partial charge in [0.05, 0.1) is 17.8 Å². The smallest absolute Gasteiger partial charge is 0.400 e. The SMILES string of the molecule is CC1(C)OB(C(=Cc2cccc(NN)c2)CO)OC1(C)C. The first-order valence-electron chi connectivity index (χ1n) is 7.03. The third-order valence-corrected chi connectivity index (χ3v) is 4.14. The van der Waals surface area contributed by atoms with Crippen LogP contribution in [0.15, 0.2) is 29.7 Å². The van der Waals surface area contributed by atoms with Crippen LogP contribution in [0.25, 0.3) is 6.08 Å². The lowest BCUT2D eigenvalue weighted by Crippen LogP contribution is -2.41. The highest BCUT2D eigenvalue weighted by Gasteiger charge is 2.52. The van der Waals surface area contributed by atoms with Crippen molar-refractivity contribution in [2.45, 2.75) is 38.9 Å². The maximum absolute atomic E-state index is 9.65. The Morgan fingerprint density at radius 1 is 1.29 bits per heavy atom. The number of aliphatic hydroxyl groups excluding tert-OH is 1. The molecule has 1 aromatic carbocycles. The quantitative estimate of drug-likeness (QED) is 0.449. The average Bonchev–Trinajstić information content (AvgIpc) is 2.65. The van der Waals surface area contributed by atoms with E-state index in [-0.39, 0.29) is 6.61 Å². The van der Waals surface area contributed by atoms with Crippen molar-refractivity contribution in [2.24, 2.45) is 5.84 Å². The lowest BCUT2D eigenvalue weighted by molar-refractivity contribution is 0.00578. The van der Waals surface area contributed by atoms with Crippen LogP contribution in [0.3, 0.4) is 0 Å². The Kier molecular flexibility index (Phi) is 4.44. The number of nitrogens with one attached hydrogen (secondary N) is 1. The van der Waals surface area contributed by atoms with Crippen LogP contribution in [0.2, 0.25) is 0 Å². The van der Waals surface area contributed by atoms with Crippen molar-refractivity contribution in [1.82, 2.24) is 0 Å². The van der Waals surface area contributed by atoms with Gasteiger partial charge in [0.2, 0.25) is 0 Å². The van der Waals surface area contributed by atoms with Crippen molar-refractivity contribution in [3.05, 3.63) is 35.3 Å². The topological polar surface area (TPSA) is 76.7 Å². The number of anilines is 1. The number of benzene rings is 1. The summed E-state index contributed by atoms with van der Waals surface area (Å²) in [6.45, 7) is 7.82. The van der Waals surface area contributed by atoms with Crippen molar-refractivity contribution in [1.29, 1.82) is 0 Å². The molecule has 0 radical (unpaired) electrons. The summed E-state index contributed by atoms with van der Waals surface area (Å²) in [5, 5.41) is 9.65. The zero-order valence-electron chi connectivity index (χ0n) is 13.0. The van der Waals surface area contributed by atoms with Gasteiger partial charge in [-0.15, -0.1) is 0 Å². The predicted molar refractivity (Wildman–Crippen MR) is 85.4 cm³/mol. The summed E-state index contributed by atoms with van der Waals surface area (Å²) in [5.74, 6) is 5.41. The third-order valence-electron chi connectivity index (χ3n) is 4.14. The Balaban J connectivity index is 2.26. The minimum Gasteiger partial charge on any atom is -0.400 e. The normalized spacial score (nSPS) is 20.7. The van der Waals surface area contributed by atoms with Crippen molar-refractivity contribution in [3.63, 3.8) is 0 Å². The van der Waals surface area contributed by atoms with Crippen molar-refractivity contribution < 1.29 is 14.4 Å². The molecule has 0 unspecified atom stereocenters. The Hall–Kier alpha value is -1.34. The van der Waals surface area contributed by atoms with Crippen molar-refractivity contribution in [2.75, 3.05) is 12.0 Å². The summed E-state index contributed by atoms with van der Waals surface area (Å²) in [7, 11) is -0.547. The van der Waals surface area contributed by atoms with E-state index in [0.717, 1.165) is 11.3 Å². The molecule has 0 aliphatic carbocycles. The molecular formula is C15H23BN2O3. The predicted octanol–water partition coefficient (Wildman–Crippen LogP) is 1.98. The Morgan fingerprint density at radius 2 is 1.90 bits per heavy atom. The molecule has 1 aliphatic heterocycles. The van der Waals surface area contributed by atoms with E-state index in [1.165, 1.54) is 0 Å². The largest absolute Gasteiger partial charge is 0.492 e. The fourth-order valence-electron chi connectivity index (χ4n) is 2.11. The molecule has 1 saturated heterocycles. The average molecular weight is 290 g/mol. The molecular weight excluding hydrogens is 267 g/mol. The molecule has 2 rings (SSSR count). The van der Waals surface area contributed by atoms with Crippen LogP contribution < -0.4 is 11.3 Å². The number of hydrogen-bond donors (Lipinski definition) is 3. The molecule has 0 saturated carbocycles. The zero-order chi connectivity index (χ0) is 15.7. The summed E-state index contributed by atoms with van der Waals surface area (Å²) >= 11 is 0. The molecule has 6 heteroatoms. The first-order valence-corrected chi connectivity index (χ1v) is 7.03. The molecule has 1 fully saturated rings. The summed E-state index contributed by atoms with van der Waals surface area (Å²) in [4.78, 5) is 0. The molecule has 21 heavy (non-hydrogen) atoms. The molecule has 0 atom stereocenters. The summed E-state index contributed by atoms with van der Waals surface area (Å²) < 4.78 is 11.9. The van der Waals surface area contributed by atoms with E-state index in [0.29, 0.717) is 5.47 Å². The van der Waals surface area contributed by atoms with E-state index in [9.17, 15) is 5.11 Å². The molecule has 4 N–H and O–H groups in total. The molecule has 0 bridgehead atoms. The minimum absolute atomic E-state index is 0.128. The first kappa shape index (κ1) is 16.0. The lowest BCUT2D eigenvalue weighted by atomic mass is 9.77. The molecule has 1 heterocycles. The van der Waals surface area contributed by atoms with Gasteiger partial charge in [-0.1, -0.05) is 18.2 Å². The fraction of sp³-hybridized carbons (Fsp3) is 0.467. The second kappa shape index (κ2) is 5.81. The molecule has 1 aromatic rings. The molecule has 0 spiro atoms. The summed E-state index contributed by atoms with van der Waals surface area (Å²) in [6.07, 6.45) is 1.86. The van der Waals surface area contributed by atoms with Crippen LogP contribution in [0.5, 0.6) is 0 Å². The Bertz CT molecular complexity index is 527. The molecule has 114 valence electrons. The summed E-state index contributed by atoms with van der Waals surface area (Å²) in [6, 6.07) is 7.58. The fourth-order valence-corrected chi connectivity index (χ4v) is 2.11. The van der Waals surface area contributed by atoms with E-state index in [1.54, 1.807) is 0 Å². The third kappa shape index (κ3) is 3.29. The maximum Gasteiger partial charge on any atom is 0.492 e. The number of hydrazine groups is 1. The zero-order valence-corrected chi connectivity index (χ0v) is 13.0. The standard InChI is InChI=1S/C15H23BN2O3/c1-14(2)15(3,4)21-16(20-14)12(10-19)8-11-6-5-7-13(9-11)18-17/h5-9,18-19H,10,17H2,1-4H3. The number of aliphatic hydroxyl groups is 1. The van der Waals surface area contributed by atoms with Gasteiger partial charge in [-0.3, -0.25) is 5.84 Å². The van der Waals surface area contributed by atoms with Crippen LogP contribution >= 0.6 is 0 Å². The first-order chi connectivity index (χ1) is 9.79. The Labute approximate surface area is 126 Å². The van der Waals surface area contributed by atoms with Gasteiger partial charge < -0.3 is 19.8 Å². The van der Waals surface area contributed by atoms with E-state index in [2.05, 4.69) is 5.43 Å². The monoisotopic (exact) mass is 290 g/mol. The molecule has 1 aliphatic rings. The minimum atomic E-state index is -0.547. The number of nitrogen functional groups attached to an aromatic ring is 1. The van der Waals surface area contributed by atoms with Gasteiger partial charge in [-0.05, 0) is 50.9 Å². The van der Waals surface area contributed by atoms with Crippen molar-refractivity contribution >= 4 is 18.9 Å².